The highest BCUT2D eigenvalue weighted by Gasteiger charge is 2.20. The van der Waals surface area contributed by atoms with Crippen LogP contribution in [-0.4, -0.2) is 15.8 Å². The molecule has 0 fully saturated rings. The maximum Gasteiger partial charge on any atom is 0.255 e. The number of aryl methyl sites for hydroxylation is 1. The third kappa shape index (κ3) is 4.35. The normalized spacial score (nSPS) is 10.6. The lowest BCUT2D eigenvalue weighted by atomic mass is 10.1. The van der Waals surface area contributed by atoms with Gasteiger partial charge in [0.25, 0.3) is 5.91 Å². The van der Waals surface area contributed by atoms with E-state index >= 15 is 0 Å². The Balaban J connectivity index is 1.95. The van der Waals surface area contributed by atoms with E-state index in [0.717, 1.165) is 16.7 Å². The van der Waals surface area contributed by atoms with Gasteiger partial charge in [-0.15, -0.1) is 0 Å². The van der Waals surface area contributed by atoms with E-state index in [1.165, 1.54) is 12.1 Å². The molecule has 26 heavy (non-hydrogen) atoms. The first-order valence-corrected chi connectivity index (χ1v) is 9.01. The van der Waals surface area contributed by atoms with Gasteiger partial charge in [-0.2, -0.15) is 0 Å². The molecule has 1 amide bonds. The van der Waals surface area contributed by atoms with Crippen LogP contribution < -0.4 is 0 Å². The molecule has 132 valence electrons. The van der Waals surface area contributed by atoms with Gasteiger partial charge >= 0.3 is 0 Å². The number of benzene rings is 2. The summed E-state index contributed by atoms with van der Waals surface area (Å²) < 4.78 is 14.3. The van der Waals surface area contributed by atoms with E-state index in [1.807, 2.05) is 43.3 Å². The maximum absolute atomic E-state index is 13.7. The topological polar surface area (TPSA) is 33.2 Å². The van der Waals surface area contributed by atoms with Crippen LogP contribution in [0.1, 0.15) is 27.0 Å². The summed E-state index contributed by atoms with van der Waals surface area (Å²) in [5, 5.41) is 0. The molecule has 3 aromatic rings. The minimum Gasteiger partial charge on any atom is -0.330 e. The summed E-state index contributed by atoms with van der Waals surface area (Å²) in [5.41, 5.74) is 3.39. The van der Waals surface area contributed by atoms with Crippen molar-refractivity contribution in [2.24, 2.45) is 0 Å². The third-order valence-electron chi connectivity index (χ3n) is 4.16. The Morgan fingerprint density at radius 2 is 1.92 bits per heavy atom. The number of hydrogen-bond acceptors (Lipinski definition) is 2. The molecule has 2 aromatic carbocycles. The molecular weight excluding hydrogens is 395 g/mol. The van der Waals surface area contributed by atoms with Gasteiger partial charge in [0.2, 0.25) is 0 Å². The highest BCUT2D eigenvalue weighted by molar-refractivity contribution is 9.10. The Kier molecular flexibility index (Phi) is 5.78. The Hall–Kier alpha value is -2.53. The molecule has 0 aliphatic rings. The van der Waals surface area contributed by atoms with E-state index in [0.29, 0.717) is 23.1 Å². The van der Waals surface area contributed by atoms with Gasteiger partial charge in [0, 0.05) is 30.0 Å². The summed E-state index contributed by atoms with van der Waals surface area (Å²) in [6.45, 7) is 2.84. The summed E-state index contributed by atoms with van der Waals surface area (Å²) in [6, 6.07) is 15.8. The third-order valence-corrected chi connectivity index (χ3v) is 4.86. The van der Waals surface area contributed by atoms with Gasteiger partial charge in [-0.3, -0.25) is 9.78 Å². The Morgan fingerprint density at radius 1 is 1.12 bits per heavy atom. The molecule has 0 aliphatic heterocycles. The highest BCUT2D eigenvalue weighted by Crippen LogP contribution is 2.22. The summed E-state index contributed by atoms with van der Waals surface area (Å²) >= 11 is 3.36. The van der Waals surface area contributed by atoms with E-state index in [9.17, 15) is 9.18 Å². The molecule has 0 radical (unpaired) electrons. The van der Waals surface area contributed by atoms with Crippen LogP contribution in [0.2, 0.25) is 0 Å². The van der Waals surface area contributed by atoms with E-state index in [1.54, 1.807) is 23.4 Å². The fourth-order valence-corrected chi connectivity index (χ4v) is 3.15. The van der Waals surface area contributed by atoms with Crippen molar-refractivity contribution < 1.29 is 9.18 Å². The summed E-state index contributed by atoms with van der Waals surface area (Å²) in [5.74, 6) is -0.669. The Morgan fingerprint density at radius 3 is 2.65 bits per heavy atom. The fraction of sp³-hybridized carbons (Fsp3) is 0.143. The first-order chi connectivity index (χ1) is 12.5. The van der Waals surface area contributed by atoms with Gasteiger partial charge in [-0.25, -0.2) is 4.39 Å². The Labute approximate surface area is 160 Å². The number of rotatable bonds is 5. The van der Waals surface area contributed by atoms with Gasteiger partial charge in [-0.05, 0) is 63.8 Å². The predicted molar refractivity (Wildman–Crippen MR) is 103 cm³/mol. The number of aromatic nitrogens is 1. The zero-order chi connectivity index (χ0) is 18.5. The minimum atomic E-state index is -0.436. The number of carbonyl (C=O) groups excluding carboxylic acids is 1. The number of carbonyl (C=O) groups is 1. The molecular formula is C21H18BrFN2O. The smallest absolute Gasteiger partial charge is 0.255 e. The van der Waals surface area contributed by atoms with Crippen LogP contribution >= 0.6 is 15.9 Å². The van der Waals surface area contributed by atoms with Crippen LogP contribution in [0.3, 0.4) is 0 Å². The molecule has 3 nitrogen and oxygen atoms in total. The van der Waals surface area contributed by atoms with Crippen molar-refractivity contribution in [3.05, 3.63) is 99.5 Å². The van der Waals surface area contributed by atoms with Crippen LogP contribution in [0.15, 0.2) is 71.5 Å². The first kappa shape index (κ1) is 18.3. The van der Waals surface area contributed by atoms with Crippen molar-refractivity contribution in [2.75, 3.05) is 0 Å². The Bertz CT molecular complexity index is 915. The second kappa shape index (κ2) is 8.23. The lowest BCUT2D eigenvalue weighted by Gasteiger charge is -2.24. The zero-order valence-corrected chi connectivity index (χ0v) is 15.9. The van der Waals surface area contributed by atoms with Crippen molar-refractivity contribution in [2.45, 2.75) is 20.0 Å². The van der Waals surface area contributed by atoms with E-state index in [4.69, 9.17) is 0 Å². The molecule has 0 unspecified atom stereocenters. The molecule has 0 spiro atoms. The van der Waals surface area contributed by atoms with Crippen LogP contribution in [0.5, 0.6) is 0 Å². The number of halogens is 2. The molecule has 5 heteroatoms. The molecule has 0 N–H and O–H groups in total. The van der Waals surface area contributed by atoms with Crippen molar-refractivity contribution in [1.82, 2.24) is 9.88 Å². The van der Waals surface area contributed by atoms with Crippen molar-refractivity contribution in [1.29, 1.82) is 0 Å². The quantitative estimate of drug-likeness (QED) is 0.581. The predicted octanol–water partition coefficient (Wildman–Crippen LogP) is 5.13. The number of nitrogens with zero attached hydrogens (tertiary/aromatic N) is 2. The monoisotopic (exact) mass is 412 g/mol. The van der Waals surface area contributed by atoms with Crippen LogP contribution in [0.4, 0.5) is 4.39 Å². The zero-order valence-electron chi connectivity index (χ0n) is 14.3. The number of hydrogen-bond donors (Lipinski definition) is 0. The van der Waals surface area contributed by atoms with E-state index < -0.39 is 5.82 Å². The van der Waals surface area contributed by atoms with Crippen molar-refractivity contribution in [3.8, 4) is 0 Å². The van der Waals surface area contributed by atoms with Crippen LogP contribution in [-0.2, 0) is 13.1 Å². The van der Waals surface area contributed by atoms with E-state index in [2.05, 4.69) is 20.9 Å². The summed E-state index contributed by atoms with van der Waals surface area (Å²) in [4.78, 5) is 19.0. The fourth-order valence-electron chi connectivity index (χ4n) is 2.74. The maximum atomic E-state index is 13.7. The average molecular weight is 413 g/mol. The molecule has 3 rings (SSSR count). The molecule has 0 atom stereocenters. The second-order valence-corrected chi connectivity index (χ2v) is 6.93. The largest absolute Gasteiger partial charge is 0.330 e. The molecule has 0 saturated carbocycles. The standard InChI is InChI=1S/C21H18BrFN2O/c1-15-5-2-3-7-17(15)14-25(13-16-6-4-10-24-12-16)21(26)19-11-18(23)8-9-20(19)22/h2-12H,13-14H2,1H3. The summed E-state index contributed by atoms with van der Waals surface area (Å²) in [7, 11) is 0. The number of amides is 1. The minimum absolute atomic E-state index is 0.233. The van der Waals surface area contributed by atoms with Crippen LogP contribution in [0, 0.1) is 12.7 Å². The second-order valence-electron chi connectivity index (χ2n) is 6.07. The highest BCUT2D eigenvalue weighted by atomic mass is 79.9. The van der Waals surface area contributed by atoms with Crippen LogP contribution in [0.25, 0.3) is 0 Å². The first-order valence-electron chi connectivity index (χ1n) is 8.22. The molecule has 0 saturated heterocycles. The number of pyridine rings is 1. The van der Waals surface area contributed by atoms with Gasteiger partial charge < -0.3 is 4.90 Å². The lowest BCUT2D eigenvalue weighted by molar-refractivity contribution is 0.0728. The van der Waals surface area contributed by atoms with Gasteiger partial charge in [0.1, 0.15) is 5.82 Å². The van der Waals surface area contributed by atoms with Crippen molar-refractivity contribution >= 4 is 21.8 Å². The van der Waals surface area contributed by atoms with E-state index in [-0.39, 0.29) is 5.91 Å². The van der Waals surface area contributed by atoms with Gasteiger partial charge in [0.15, 0.2) is 0 Å². The lowest BCUT2D eigenvalue weighted by Crippen LogP contribution is -2.30. The summed E-state index contributed by atoms with van der Waals surface area (Å²) in [6.07, 6.45) is 3.43. The average Bonchev–Trinajstić information content (AvgIpc) is 2.65. The molecule has 1 heterocycles. The van der Waals surface area contributed by atoms with Crippen molar-refractivity contribution in [3.63, 3.8) is 0 Å². The van der Waals surface area contributed by atoms with Gasteiger partial charge in [0.05, 0.1) is 5.56 Å². The van der Waals surface area contributed by atoms with Gasteiger partial charge in [-0.1, -0.05) is 30.3 Å². The molecule has 1 aromatic heterocycles. The SMILES string of the molecule is Cc1ccccc1CN(Cc1cccnc1)C(=O)c1cc(F)ccc1Br. The molecule has 0 bridgehead atoms. The molecule has 0 aliphatic carbocycles.